The average molecular weight is 257 g/mol. The summed E-state index contributed by atoms with van der Waals surface area (Å²) >= 11 is 3.78. The normalized spacial score (nSPS) is 17.8. The van der Waals surface area contributed by atoms with E-state index in [1.807, 2.05) is 5.51 Å². The molecule has 0 bridgehead atoms. The minimum Gasteiger partial charge on any atom is -0.317 e. The molecule has 0 amide bonds. The van der Waals surface area contributed by atoms with Gasteiger partial charge in [0.15, 0.2) is 0 Å². The molecule has 90 valence electrons. The van der Waals surface area contributed by atoms with Crippen molar-refractivity contribution in [2.24, 2.45) is 0 Å². The number of rotatable bonds is 6. The Kier molecular flexibility index (Phi) is 5.62. The van der Waals surface area contributed by atoms with Crippen molar-refractivity contribution in [1.29, 1.82) is 0 Å². The third-order valence-corrected chi connectivity index (χ3v) is 4.73. The lowest BCUT2D eigenvalue weighted by Crippen LogP contribution is -2.30. The fourth-order valence-corrected chi connectivity index (χ4v) is 3.52. The molecule has 1 aromatic rings. The zero-order valence-corrected chi connectivity index (χ0v) is 11.1. The Hall–Kier alpha value is -0.100. The fraction of sp³-hybridized carbons (Fsp3) is 0.727. The maximum atomic E-state index is 4.24. The number of thiazole rings is 1. The van der Waals surface area contributed by atoms with Gasteiger partial charge in [0.2, 0.25) is 0 Å². The van der Waals surface area contributed by atoms with Crippen molar-refractivity contribution in [2.45, 2.75) is 24.6 Å². The minimum absolute atomic E-state index is 0.877. The van der Waals surface area contributed by atoms with Crippen molar-refractivity contribution in [1.82, 2.24) is 15.6 Å². The van der Waals surface area contributed by atoms with Crippen LogP contribution >= 0.6 is 23.1 Å². The number of hydrogen-bond acceptors (Lipinski definition) is 5. The zero-order valence-electron chi connectivity index (χ0n) is 9.45. The summed E-state index contributed by atoms with van der Waals surface area (Å²) in [4.78, 5) is 4.24. The van der Waals surface area contributed by atoms with Gasteiger partial charge >= 0.3 is 0 Å². The molecular weight excluding hydrogens is 238 g/mol. The van der Waals surface area contributed by atoms with Crippen LogP contribution in [0.25, 0.3) is 0 Å². The molecular formula is C11H19N3S2. The van der Waals surface area contributed by atoms with Gasteiger partial charge in [0, 0.05) is 29.5 Å². The van der Waals surface area contributed by atoms with Crippen LogP contribution in [0.15, 0.2) is 10.9 Å². The molecule has 3 nitrogen and oxygen atoms in total. The van der Waals surface area contributed by atoms with E-state index in [-0.39, 0.29) is 0 Å². The summed E-state index contributed by atoms with van der Waals surface area (Å²) < 4.78 is 0. The summed E-state index contributed by atoms with van der Waals surface area (Å²) in [6.07, 6.45) is 2.66. The first-order valence-corrected chi connectivity index (χ1v) is 7.84. The largest absolute Gasteiger partial charge is 0.317 e. The van der Waals surface area contributed by atoms with Crippen LogP contribution in [-0.4, -0.2) is 35.6 Å². The Balaban J connectivity index is 1.48. The number of hydrogen-bond donors (Lipinski definition) is 2. The maximum Gasteiger partial charge on any atom is 0.0795 e. The molecule has 0 aliphatic carbocycles. The van der Waals surface area contributed by atoms with E-state index in [4.69, 9.17) is 0 Å². The molecule has 0 atom stereocenters. The maximum absolute atomic E-state index is 4.24. The second kappa shape index (κ2) is 7.27. The van der Waals surface area contributed by atoms with Crippen molar-refractivity contribution in [3.8, 4) is 0 Å². The molecule has 1 saturated heterocycles. The van der Waals surface area contributed by atoms with Crippen LogP contribution in [0, 0.1) is 0 Å². The lowest BCUT2D eigenvalue weighted by molar-refractivity contribution is 0.531. The van der Waals surface area contributed by atoms with Crippen LogP contribution in [0.1, 0.15) is 18.5 Å². The van der Waals surface area contributed by atoms with Gasteiger partial charge in [-0.05, 0) is 25.9 Å². The van der Waals surface area contributed by atoms with Crippen molar-refractivity contribution in [3.63, 3.8) is 0 Å². The first-order valence-electron chi connectivity index (χ1n) is 5.85. The summed E-state index contributed by atoms with van der Waals surface area (Å²) in [5.74, 6) is 1.22. The molecule has 2 N–H and O–H groups in total. The number of piperidine rings is 1. The number of nitrogens with zero attached hydrogens (tertiary/aromatic N) is 1. The number of thioether (sulfide) groups is 1. The molecule has 1 fully saturated rings. The van der Waals surface area contributed by atoms with Gasteiger partial charge in [-0.15, -0.1) is 11.3 Å². The molecule has 0 unspecified atom stereocenters. The van der Waals surface area contributed by atoms with E-state index in [0.717, 1.165) is 24.0 Å². The predicted molar refractivity (Wildman–Crippen MR) is 72.2 cm³/mol. The van der Waals surface area contributed by atoms with Crippen molar-refractivity contribution >= 4 is 23.1 Å². The minimum atomic E-state index is 0.877. The molecule has 2 rings (SSSR count). The number of nitrogens with one attached hydrogen (secondary N) is 2. The molecule has 2 heterocycles. The second-order valence-corrected chi connectivity index (χ2v) is 6.10. The summed E-state index contributed by atoms with van der Waals surface area (Å²) in [6.45, 7) is 4.40. The van der Waals surface area contributed by atoms with Gasteiger partial charge in [0.25, 0.3) is 0 Å². The van der Waals surface area contributed by atoms with E-state index < -0.39 is 0 Å². The van der Waals surface area contributed by atoms with Crippen molar-refractivity contribution < 1.29 is 0 Å². The van der Waals surface area contributed by atoms with Crippen LogP contribution in [0.3, 0.4) is 0 Å². The molecule has 1 aromatic heterocycles. The van der Waals surface area contributed by atoms with E-state index in [2.05, 4.69) is 32.8 Å². The average Bonchev–Trinajstić information content (AvgIpc) is 2.83. The molecule has 0 saturated carbocycles. The Labute approximate surface area is 105 Å². The highest BCUT2D eigenvalue weighted by Gasteiger charge is 2.12. The second-order valence-electron chi connectivity index (χ2n) is 3.98. The lowest BCUT2D eigenvalue weighted by Gasteiger charge is -2.21. The highest BCUT2D eigenvalue weighted by Crippen LogP contribution is 2.19. The SMILES string of the molecule is c1nc(CNCCSC2CCNCC2)cs1. The highest BCUT2D eigenvalue weighted by atomic mass is 32.2. The summed E-state index contributed by atoms with van der Waals surface area (Å²) in [5, 5.41) is 9.82. The number of aromatic nitrogens is 1. The highest BCUT2D eigenvalue weighted by molar-refractivity contribution is 7.99. The fourth-order valence-electron chi connectivity index (χ4n) is 1.80. The van der Waals surface area contributed by atoms with Crippen LogP contribution in [-0.2, 0) is 6.54 Å². The van der Waals surface area contributed by atoms with Crippen LogP contribution in [0.2, 0.25) is 0 Å². The Bertz CT molecular complexity index is 271. The third kappa shape index (κ3) is 4.41. The van der Waals surface area contributed by atoms with Gasteiger partial charge in [-0.3, -0.25) is 0 Å². The third-order valence-electron chi connectivity index (χ3n) is 2.71. The van der Waals surface area contributed by atoms with Gasteiger partial charge in [-0.1, -0.05) is 0 Å². The quantitative estimate of drug-likeness (QED) is 0.761. The monoisotopic (exact) mass is 257 g/mol. The summed E-state index contributed by atoms with van der Waals surface area (Å²) in [7, 11) is 0. The Morgan fingerprint density at radius 1 is 1.50 bits per heavy atom. The predicted octanol–water partition coefficient (Wildman–Crippen LogP) is 1.72. The van der Waals surface area contributed by atoms with Crippen molar-refractivity contribution in [2.75, 3.05) is 25.4 Å². The molecule has 5 heteroatoms. The molecule has 0 radical (unpaired) electrons. The van der Waals surface area contributed by atoms with E-state index in [9.17, 15) is 0 Å². The van der Waals surface area contributed by atoms with Gasteiger partial charge in [0.05, 0.1) is 11.2 Å². The van der Waals surface area contributed by atoms with Crippen LogP contribution in [0.5, 0.6) is 0 Å². The van der Waals surface area contributed by atoms with Gasteiger partial charge in [0.1, 0.15) is 0 Å². The van der Waals surface area contributed by atoms with Gasteiger partial charge < -0.3 is 10.6 Å². The first-order chi connectivity index (χ1) is 7.95. The summed E-state index contributed by atoms with van der Waals surface area (Å²) in [5.41, 5.74) is 3.05. The van der Waals surface area contributed by atoms with Crippen molar-refractivity contribution in [3.05, 3.63) is 16.6 Å². The zero-order chi connectivity index (χ0) is 11.1. The Morgan fingerprint density at radius 2 is 2.38 bits per heavy atom. The topological polar surface area (TPSA) is 37.0 Å². The van der Waals surface area contributed by atoms with Crippen LogP contribution < -0.4 is 10.6 Å². The molecule has 0 spiro atoms. The van der Waals surface area contributed by atoms with E-state index in [1.54, 1.807) is 11.3 Å². The standard InChI is InChI=1S/C11H19N3S2/c1-3-12-4-2-11(1)16-6-5-13-7-10-8-15-9-14-10/h8-9,11-13H,1-7H2. The van der Waals surface area contributed by atoms with E-state index in [1.165, 1.54) is 31.7 Å². The van der Waals surface area contributed by atoms with Gasteiger partial charge in [-0.25, -0.2) is 4.98 Å². The molecule has 16 heavy (non-hydrogen) atoms. The first kappa shape index (κ1) is 12.4. The van der Waals surface area contributed by atoms with Crippen LogP contribution in [0.4, 0.5) is 0 Å². The summed E-state index contributed by atoms with van der Waals surface area (Å²) in [6, 6.07) is 0. The molecule has 0 aromatic carbocycles. The van der Waals surface area contributed by atoms with E-state index >= 15 is 0 Å². The lowest BCUT2D eigenvalue weighted by atomic mass is 10.2. The smallest absolute Gasteiger partial charge is 0.0795 e. The molecule has 1 aliphatic heterocycles. The van der Waals surface area contributed by atoms with E-state index in [0.29, 0.717) is 0 Å². The Morgan fingerprint density at radius 3 is 3.12 bits per heavy atom. The van der Waals surface area contributed by atoms with Gasteiger partial charge in [-0.2, -0.15) is 11.8 Å². The molecule has 1 aliphatic rings.